The van der Waals surface area contributed by atoms with Crippen molar-refractivity contribution in [1.82, 2.24) is 4.90 Å². The minimum absolute atomic E-state index is 0.0256. The normalized spacial score (nSPS) is 16.0. The number of cyclic esters (lactones) is 1. The Hall–Kier alpha value is -1.79. The molecule has 1 saturated heterocycles. The molecule has 0 bridgehead atoms. The van der Waals surface area contributed by atoms with Crippen LogP contribution in [0.3, 0.4) is 0 Å². The summed E-state index contributed by atoms with van der Waals surface area (Å²) in [6.07, 6.45) is -5.32. The van der Waals surface area contributed by atoms with E-state index in [1.165, 1.54) is 11.0 Å². The third kappa shape index (κ3) is 2.55. The lowest BCUT2D eigenvalue weighted by molar-refractivity contribution is -0.140. The van der Waals surface area contributed by atoms with Gasteiger partial charge in [-0.15, -0.1) is 0 Å². The second-order valence-electron chi connectivity index (χ2n) is 3.85. The first kappa shape index (κ1) is 12.7. The molecule has 1 fully saturated rings. The summed E-state index contributed by atoms with van der Waals surface area (Å²) in [5.41, 5.74) is -1.12. The smallest absolute Gasteiger partial charge is 0.419 e. The molecule has 2 rings (SSSR count). The minimum Gasteiger partial charge on any atom is -0.448 e. The van der Waals surface area contributed by atoms with Crippen LogP contribution in [0.2, 0.25) is 0 Å². The van der Waals surface area contributed by atoms with E-state index in [4.69, 9.17) is 0 Å². The van der Waals surface area contributed by atoms with Crippen molar-refractivity contribution in [3.63, 3.8) is 0 Å². The highest BCUT2D eigenvalue weighted by Crippen LogP contribution is 2.32. The molecular weight excluding hydrogens is 254 g/mol. The van der Waals surface area contributed by atoms with Gasteiger partial charge in [0, 0.05) is 6.54 Å². The monoisotopic (exact) mass is 263 g/mol. The van der Waals surface area contributed by atoms with Crippen molar-refractivity contribution in [1.29, 1.82) is 0 Å². The molecule has 1 heterocycles. The Morgan fingerprint density at radius 3 is 2.61 bits per heavy atom. The predicted molar refractivity (Wildman–Crippen MR) is 53.2 cm³/mol. The molecule has 1 aliphatic rings. The molecule has 7 heteroatoms. The molecule has 1 amide bonds. The van der Waals surface area contributed by atoms with E-state index in [-0.39, 0.29) is 18.7 Å². The maximum Gasteiger partial charge on any atom is 0.419 e. The third-order valence-electron chi connectivity index (χ3n) is 2.55. The Bertz CT molecular complexity index is 473. The molecule has 1 aliphatic heterocycles. The van der Waals surface area contributed by atoms with Gasteiger partial charge in [0.15, 0.2) is 0 Å². The Labute approximate surface area is 99.9 Å². The Morgan fingerprint density at radius 1 is 1.33 bits per heavy atom. The van der Waals surface area contributed by atoms with Crippen molar-refractivity contribution < 1.29 is 27.1 Å². The number of hydrogen-bond donors (Lipinski definition) is 0. The number of carbonyl (C=O) groups is 1. The summed E-state index contributed by atoms with van der Waals surface area (Å²) in [5, 5.41) is 0. The molecule has 1 aromatic carbocycles. The van der Waals surface area contributed by atoms with E-state index in [0.29, 0.717) is 12.6 Å². The predicted octanol–water partition coefficient (Wildman–Crippen LogP) is 2.80. The summed E-state index contributed by atoms with van der Waals surface area (Å²) < 4.78 is 55.1. The highest BCUT2D eigenvalue weighted by molar-refractivity contribution is 5.69. The number of carbonyl (C=O) groups excluding carboxylic acids is 1. The van der Waals surface area contributed by atoms with Gasteiger partial charge in [-0.2, -0.15) is 13.2 Å². The Kier molecular flexibility index (Phi) is 3.14. The van der Waals surface area contributed by atoms with Crippen LogP contribution in [-0.2, 0) is 17.5 Å². The van der Waals surface area contributed by atoms with Gasteiger partial charge in [-0.1, -0.05) is 6.07 Å². The van der Waals surface area contributed by atoms with Crippen LogP contribution in [0, 0.1) is 5.82 Å². The number of alkyl halides is 3. The van der Waals surface area contributed by atoms with Gasteiger partial charge in [0.25, 0.3) is 0 Å². The number of hydrogen-bond acceptors (Lipinski definition) is 2. The maximum atomic E-state index is 13.0. The van der Waals surface area contributed by atoms with Gasteiger partial charge in [0.1, 0.15) is 12.4 Å². The van der Waals surface area contributed by atoms with Gasteiger partial charge >= 0.3 is 12.3 Å². The molecule has 0 unspecified atom stereocenters. The van der Waals surface area contributed by atoms with E-state index < -0.39 is 23.7 Å². The molecule has 0 spiro atoms. The van der Waals surface area contributed by atoms with Crippen LogP contribution in [0.4, 0.5) is 22.4 Å². The van der Waals surface area contributed by atoms with E-state index in [9.17, 15) is 22.4 Å². The quantitative estimate of drug-likeness (QED) is 0.768. The SMILES string of the molecule is O=C1OCCN1Cc1ccc(F)c(C(F)(F)F)c1. The molecule has 0 saturated carbocycles. The number of amides is 1. The fourth-order valence-corrected chi connectivity index (χ4v) is 1.68. The van der Waals surface area contributed by atoms with Crippen molar-refractivity contribution in [3.05, 3.63) is 35.1 Å². The van der Waals surface area contributed by atoms with Crippen molar-refractivity contribution in [2.24, 2.45) is 0 Å². The van der Waals surface area contributed by atoms with Gasteiger partial charge < -0.3 is 9.64 Å². The highest BCUT2D eigenvalue weighted by atomic mass is 19.4. The molecular formula is C11H9F4NO2. The van der Waals surface area contributed by atoms with E-state index >= 15 is 0 Å². The second kappa shape index (κ2) is 4.47. The fraction of sp³-hybridized carbons (Fsp3) is 0.364. The van der Waals surface area contributed by atoms with E-state index in [0.717, 1.165) is 6.07 Å². The molecule has 1 aromatic rings. The van der Waals surface area contributed by atoms with Crippen LogP contribution in [0.15, 0.2) is 18.2 Å². The van der Waals surface area contributed by atoms with Gasteiger partial charge in [-0.3, -0.25) is 0 Å². The summed E-state index contributed by atoms with van der Waals surface area (Å²) in [7, 11) is 0. The molecule has 0 atom stereocenters. The fourth-order valence-electron chi connectivity index (χ4n) is 1.68. The Morgan fingerprint density at radius 2 is 2.06 bits per heavy atom. The Balaban J connectivity index is 2.22. The molecule has 98 valence electrons. The van der Waals surface area contributed by atoms with Crippen molar-refractivity contribution in [2.45, 2.75) is 12.7 Å². The zero-order chi connectivity index (χ0) is 13.3. The average molecular weight is 263 g/mol. The van der Waals surface area contributed by atoms with E-state index in [1.807, 2.05) is 0 Å². The summed E-state index contributed by atoms with van der Waals surface area (Å²) in [4.78, 5) is 12.4. The van der Waals surface area contributed by atoms with E-state index in [2.05, 4.69) is 4.74 Å². The van der Waals surface area contributed by atoms with E-state index in [1.54, 1.807) is 0 Å². The molecule has 18 heavy (non-hydrogen) atoms. The van der Waals surface area contributed by atoms with Gasteiger partial charge in [0.2, 0.25) is 0 Å². The largest absolute Gasteiger partial charge is 0.448 e. The average Bonchev–Trinajstić information content (AvgIpc) is 2.66. The van der Waals surface area contributed by atoms with Crippen molar-refractivity contribution in [3.8, 4) is 0 Å². The molecule has 3 nitrogen and oxygen atoms in total. The van der Waals surface area contributed by atoms with Crippen molar-refractivity contribution in [2.75, 3.05) is 13.2 Å². The summed E-state index contributed by atoms with van der Waals surface area (Å²) in [6, 6.07) is 2.68. The van der Waals surface area contributed by atoms with Crippen LogP contribution in [0.1, 0.15) is 11.1 Å². The number of benzene rings is 1. The maximum absolute atomic E-state index is 13.0. The van der Waals surface area contributed by atoms with Crippen LogP contribution in [0.25, 0.3) is 0 Å². The lowest BCUT2D eigenvalue weighted by atomic mass is 10.1. The summed E-state index contributed by atoms with van der Waals surface area (Å²) >= 11 is 0. The second-order valence-corrected chi connectivity index (χ2v) is 3.85. The first-order valence-electron chi connectivity index (χ1n) is 5.15. The lowest BCUT2D eigenvalue weighted by Crippen LogP contribution is -2.23. The van der Waals surface area contributed by atoms with Crippen molar-refractivity contribution >= 4 is 6.09 Å². The number of ether oxygens (including phenoxy) is 1. The number of nitrogens with zero attached hydrogens (tertiary/aromatic N) is 1. The first-order chi connectivity index (χ1) is 8.38. The van der Waals surface area contributed by atoms with Gasteiger partial charge in [-0.25, -0.2) is 9.18 Å². The molecule has 0 N–H and O–H groups in total. The lowest BCUT2D eigenvalue weighted by Gasteiger charge is -2.14. The first-order valence-corrected chi connectivity index (χ1v) is 5.15. The van der Waals surface area contributed by atoms with Crippen LogP contribution in [-0.4, -0.2) is 24.1 Å². The van der Waals surface area contributed by atoms with Crippen LogP contribution >= 0.6 is 0 Å². The minimum atomic E-state index is -4.74. The molecule has 0 radical (unpaired) electrons. The zero-order valence-electron chi connectivity index (χ0n) is 9.13. The molecule has 0 aliphatic carbocycles. The zero-order valence-corrected chi connectivity index (χ0v) is 9.13. The van der Waals surface area contributed by atoms with Crippen LogP contribution < -0.4 is 0 Å². The van der Waals surface area contributed by atoms with Gasteiger partial charge in [0.05, 0.1) is 12.1 Å². The summed E-state index contributed by atoms with van der Waals surface area (Å²) in [5.74, 6) is -1.32. The summed E-state index contributed by atoms with van der Waals surface area (Å²) in [6.45, 7) is 0.506. The topological polar surface area (TPSA) is 29.5 Å². The third-order valence-corrected chi connectivity index (χ3v) is 2.55. The molecule has 0 aromatic heterocycles. The number of rotatable bonds is 2. The van der Waals surface area contributed by atoms with Crippen LogP contribution in [0.5, 0.6) is 0 Å². The highest BCUT2D eigenvalue weighted by Gasteiger charge is 2.34. The van der Waals surface area contributed by atoms with Gasteiger partial charge in [-0.05, 0) is 17.7 Å². The number of halogens is 4. The standard InChI is InChI=1S/C11H9F4NO2/c12-9-2-1-7(5-8(9)11(13,14)15)6-16-3-4-18-10(16)17/h1-2,5H,3-4,6H2.